The number of nitrogens with one attached hydrogen (secondary N) is 3. The third-order valence-electron chi connectivity index (χ3n) is 5.85. The largest absolute Gasteiger partial charge is 0.475 e. The van der Waals surface area contributed by atoms with E-state index in [9.17, 15) is 4.79 Å². The van der Waals surface area contributed by atoms with Gasteiger partial charge in [-0.15, -0.1) is 0 Å². The molecule has 2 aliphatic rings. The van der Waals surface area contributed by atoms with Crippen LogP contribution in [0.15, 0.2) is 24.5 Å². The number of rotatable bonds is 5. The van der Waals surface area contributed by atoms with E-state index < -0.39 is 0 Å². The van der Waals surface area contributed by atoms with Gasteiger partial charge in [0, 0.05) is 36.0 Å². The van der Waals surface area contributed by atoms with E-state index in [0.717, 1.165) is 48.9 Å². The third-order valence-corrected chi connectivity index (χ3v) is 5.85. The fraction of sp³-hybridized carbons (Fsp3) is 0.455. The van der Waals surface area contributed by atoms with Gasteiger partial charge in [-0.1, -0.05) is 0 Å². The molecule has 0 radical (unpaired) electrons. The van der Waals surface area contributed by atoms with E-state index in [1.165, 1.54) is 0 Å². The number of amides is 1. The van der Waals surface area contributed by atoms with Crippen LogP contribution in [0.5, 0.6) is 5.88 Å². The Morgan fingerprint density at radius 1 is 1.19 bits per heavy atom. The summed E-state index contributed by atoms with van der Waals surface area (Å²) in [4.78, 5) is 29.1. The molecule has 1 amide bonds. The second-order valence-electron chi connectivity index (χ2n) is 7.89. The van der Waals surface area contributed by atoms with Gasteiger partial charge in [-0.3, -0.25) is 4.79 Å². The summed E-state index contributed by atoms with van der Waals surface area (Å²) >= 11 is 0. The second kappa shape index (κ2) is 8.50. The van der Waals surface area contributed by atoms with Crippen LogP contribution in [0.3, 0.4) is 0 Å². The molecule has 1 aliphatic carbocycles. The minimum atomic E-state index is -0.167. The van der Waals surface area contributed by atoms with Crippen LogP contribution in [-0.4, -0.2) is 57.7 Å². The Bertz CT molecular complexity index is 1090. The quantitative estimate of drug-likeness (QED) is 0.579. The van der Waals surface area contributed by atoms with E-state index >= 15 is 0 Å². The van der Waals surface area contributed by atoms with Gasteiger partial charge >= 0.3 is 0 Å². The predicted molar refractivity (Wildman–Crippen MR) is 116 cm³/mol. The normalized spacial score (nSPS) is 21.1. The van der Waals surface area contributed by atoms with Crippen LogP contribution in [0.25, 0.3) is 22.3 Å². The van der Waals surface area contributed by atoms with Crippen molar-refractivity contribution < 1.29 is 14.3 Å². The SMILES string of the molecule is CCO[C@H]1CC[C@@H](Nc2ncc3c(-c4ccc5c(n4)OCCNC5=O)c[nH]c3n2)CC1. The first-order chi connectivity index (χ1) is 15.2. The van der Waals surface area contributed by atoms with E-state index in [2.05, 4.69) is 30.6 Å². The molecule has 31 heavy (non-hydrogen) atoms. The summed E-state index contributed by atoms with van der Waals surface area (Å²) in [6.45, 7) is 3.68. The van der Waals surface area contributed by atoms with E-state index in [4.69, 9.17) is 9.47 Å². The molecule has 3 aromatic heterocycles. The molecule has 5 rings (SSSR count). The summed E-state index contributed by atoms with van der Waals surface area (Å²) in [6.07, 6.45) is 8.27. The van der Waals surface area contributed by atoms with Gasteiger partial charge in [-0.05, 0) is 44.7 Å². The number of carbonyl (C=O) groups is 1. The van der Waals surface area contributed by atoms with Crippen LogP contribution in [-0.2, 0) is 4.74 Å². The molecule has 1 fully saturated rings. The Labute approximate surface area is 180 Å². The summed E-state index contributed by atoms with van der Waals surface area (Å²) in [6, 6.07) is 3.92. The molecule has 3 N–H and O–H groups in total. The number of hydrogen-bond donors (Lipinski definition) is 3. The average Bonchev–Trinajstić information content (AvgIpc) is 3.12. The number of ether oxygens (including phenoxy) is 2. The number of carbonyl (C=O) groups excluding carboxylic acids is 1. The molecular weight excluding hydrogens is 396 g/mol. The number of H-pyrrole nitrogens is 1. The highest BCUT2D eigenvalue weighted by Crippen LogP contribution is 2.30. The lowest BCUT2D eigenvalue weighted by Crippen LogP contribution is -2.30. The van der Waals surface area contributed by atoms with Crippen molar-refractivity contribution in [2.24, 2.45) is 0 Å². The van der Waals surface area contributed by atoms with E-state index in [0.29, 0.717) is 48.4 Å². The van der Waals surface area contributed by atoms with E-state index in [1.807, 2.05) is 25.4 Å². The van der Waals surface area contributed by atoms with Gasteiger partial charge in [-0.25, -0.2) is 9.97 Å². The maximum absolute atomic E-state index is 12.1. The van der Waals surface area contributed by atoms with Crippen LogP contribution in [0.2, 0.25) is 0 Å². The maximum Gasteiger partial charge on any atom is 0.256 e. The highest BCUT2D eigenvalue weighted by Gasteiger charge is 2.23. The Balaban J connectivity index is 1.34. The molecule has 4 heterocycles. The number of nitrogens with zero attached hydrogens (tertiary/aromatic N) is 3. The van der Waals surface area contributed by atoms with Crippen LogP contribution in [0.1, 0.15) is 43.0 Å². The Morgan fingerprint density at radius 3 is 2.90 bits per heavy atom. The van der Waals surface area contributed by atoms with E-state index in [-0.39, 0.29) is 5.91 Å². The topological polar surface area (TPSA) is 114 Å². The highest BCUT2D eigenvalue weighted by molar-refractivity contribution is 5.98. The van der Waals surface area contributed by atoms with Gasteiger partial charge in [0.25, 0.3) is 5.91 Å². The van der Waals surface area contributed by atoms with Gasteiger partial charge in [0.1, 0.15) is 17.8 Å². The van der Waals surface area contributed by atoms with Crippen LogP contribution >= 0.6 is 0 Å². The molecule has 1 saturated carbocycles. The number of aromatic nitrogens is 4. The van der Waals surface area contributed by atoms with Crippen molar-refractivity contribution in [2.45, 2.75) is 44.8 Å². The minimum absolute atomic E-state index is 0.167. The number of pyridine rings is 1. The summed E-state index contributed by atoms with van der Waals surface area (Å²) in [7, 11) is 0. The molecule has 1 aliphatic heterocycles. The first-order valence-electron chi connectivity index (χ1n) is 10.9. The molecule has 0 aromatic carbocycles. The maximum atomic E-state index is 12.1. The Hall–Kier alpha value is -3.20. The minimum Gasteiger partial charge on any atom is -0.475 e. The van der Waals surface area contributed by atoms with Crippen molar-refractivity contribution in [3.8, 4) is 17.1 Å². The van der Waals surface area contributed by atoms with E-state index in [1.54, 1.807) is 6.07 Å². The molecule has 9 nitrogen and oxygen atoms in total. The van der Waals surface area contributed by atoms with Crippen LogP contribution < -0.4 is 15.4 Å². The van der Waals surface area contributed by atoms with Crippen molar-refractivity contribution in [2.75, 3.05) is 25.1 Å². The molecule has 0 unspecified atom stereocenters. The fourth-order valence-corrected chi connectivity index (χ4v) is 4.26. The number of fused-ring (bicyclic) bond motifs is 2. The smallest absolute Gasteiger partial charge is 0.256 e. The van der Waals surface area contributed by atoms with Crippen LogP contribution in [0.4, 0.5) is 5.95 Å². The van der Waals surface area contributed by atoms with Crippen molar-refractivity contribution in [1.82, 2.24) is 25.3 Å². The molecule has 162 valence electrons. The molecule has 3 aromatic rings. The molecule has 0 bridgehead atoms. The van der Waals surface area contributed by atoms with Crippen molar-refractivity contribution >= 4 is 22.9 Å². The first-order valence-corrected chi connectivity index (χ1v) is 10.9. The third kappa shape index (κ3) is 4.05. The zero-order valence-corrected chi connectivity index (χ0v) is 17.5. The van der Waals surface area contributed by atoms with Gasteiger partial charge in [-0.2, -0.15) is 4.98 Å². The Morgan fingerprint density at radius 2 is 2.06 bits per heavy atom. The number of aromatic amines is 1. The van der Waals surface area contributed by atoms with Crippen molar-refractivity contribution in [3.63, 3.8) is 0 Å². The van der Waals surface area contributed by atoms with Crippen molar-refractivity contribution in [3.05, 3.63) is 30.1 Å². The summed E-state index contributed by atoms with van der Waals surface area (Å²) in [5, 5.41) is 7.12. The van der Waals surface area contributed by atoms with Crippen molar-refractivity contribution in [1.29, 1.82) is 0 Å². The molecule has 9 heteroatoms. The molecule has 0 spiro atoms. The second-order valence-corrected chi connectivity index (χ2v) is 7.89. The van der Waals surface area contributed by atoms with Gasteiger partial charge in [0.2, 0.25) is 11.8 Å². The number of anilines is 1. The summed E-state index contributed by atoms with van der Waals surface area (Å²) in [5.41, 5.74) is 2.77. The number of hydrogen-bond acceptors (Lipinski definition) is 7. The van der Waals surface area contributed by atoms with Gasteiger partial charge in [0.05, 0.1) is 18.3 Å². The zero-order chi connectivity index (χ0) is 21.2. The highest BCUT2D eigenvalue weighted by atomic mass is 16.5. The van der Waals surface area contributed by atoms with Gasteiger partial charge in [0.15, 0.2) is 0 Å². The van der Waals surface area contributed by atoms with Crippen LogP contribution in [0, 0.1) is 0 Å². The summed E-state index contributed by atoms with van der Waals surface area (Å²) < 4.78 is 11.4. The molecule has 0 saturated heterocycles. The first kappa shape index (κ1) is 19.7. The van der Waals surface area contributed by atoms with Gasteiger partial charge < -0.3 is 25.1 Å². The standard InChI is InChI=1S/C22H26N6O3/c1-2-30-14-5-3-13(4-6-14)26-22-25-12-17-16(11-24-19(17)28-22)18-8-7-15-20(29)23-9-10-31-21(15)27-18/h7-8,11-14H,2-6,9-10H2,1H3,(H,23,29)(H2,24,25,26,28)/t13-,14+. The fourth-order valence-electron chi connectivity index (χ4n) is 4.26. The monoisotopic (exact) mass is 422 g/mol. The molecular formula is C22H26N6O3. The predicted octanol–water partition coefficient (Wildman–Crippen LogP) is 2.90. The lowest BCUT2D eigenvalue weighted by atomic mass is 9.93. The summed E-state index contributed by atoms with van der Waals surface area (Å²) in [5.74, 6) is 0.805. The Kier molecular flexibility index (Phi) is 5.42. The lowest BCUT2D eigenvalue weighted by molar-refractivity contribution is 0.0346. The lowest BCUT2D eigenvalue weighted by Gasteiger charge is -2.28. The average molecular weight is 422 g/mol. The molecule has 0 atom stereocenters. The zero-order valence-electron chi connectivity index (χ0n) is 17.5.